The Bertz CT molecular complexity index is 455. The van der Waals surface area contributed by atoms with Gasteiger partial charge in [-0.15, -0.1) is 0 Å². The van der Waals surface area contributed by atoms with Gasteiger partial charge in [-0.25, -0.2) is 9.78 Å². The van der Waals surface area contributed by atoms with Crippen LogP contribution in [0.2, 0.25) is 5.15 Å². The Balaban J connectivity index is 2.01. The zero-order chi connectivity index (χ0) is 13.3. The molecule has 18 heavy (non-hydrogen) atoms. The molecule has 0 atom stereocenters. The van der Waals surface area contributed by atoms with Crippen molar-refractivity contribution in [3.8, 4) is 0 Å². The van der Waals surface area contributed by atoms with Crippen molar-refractivity contribution in [2.45, 2.75) is 12.5 Å². The molecule has 0 spiro atoms. The van der Waals surface area contributed by atoms with E-state index in [0.717, 1.165) is 0 Å². The Morgan fingerprint density at radius 1 is 1.61 bits per heavy atom. The van der Waals surface area contributed by atoms with Crippen LogP contribution >= 0.6 is 11.6 Å². The zero-order valence-electron chi connectivity index (χ0n) is 10.1. The number of carbonyl (C=O) groups is 1. The van der Waals surface area contributed by atoms with E-state index in [0.29, 0.717) is 24.1 Å². The number of hydrogen-bond donors (Lipinski definition) is 2. The van der Waals surface area contributed by atoms with Crippen LogP contribution in [0.15, 0.2) is 6.07 Å². The molecule has 1 saturated heterocycles. The minimum atomic E-state index is -0.522. The number of alkyl carbamates (subject to hydrolysis) is 1. The smallest absolute Gasteiger partial charge is 0.407 e. The van der Waals surface area contributed by atoms with Gasteiger partial charge < -0.3 is 20.7 Å². The summed E-state index contributed by atoms with van der Waals surface area (Å²) in [5, 5.41) is 2.71. The number of carbonyl (C=O) groups excluding carboxylic acids is 1. The molecular weight excluding hydrogens is 258 g/mol. The Hall–Kier alpha value is -1.76. The average molecular weight is 272 g/mol. The predicted octanol–water partition coefficient (Wildman–Crippen LogP) is 0.647. The minimum Gasteiger partial charge on any atom is -0.439 e. The summed E-state index contributed by atoms with van der Waals surface area (Å²) >= 11 is 5.80. The quantitative estimate of drug-likeness (QED) is 0.767. The Labute approximate surface area is 109 Å². The molecule has 0 aromatic carbocycles. The summed E-state index contributed by atoms with van der Waals surface area (Å²) in [7, 11) is 1.52. The van der Waals surface area contributed by atoms with E-state index >= 15 is 0 Å². The fourth-order valence-electron chi connectivity index (χ4n) is 1.85. The molecule has 1 aromatic rings. The van der Waals surface area contributed by atoms with Crippen molar-refractivity contribution in [2.75, 3.05) is 30.8 Å². The van der Waals surface area contributed by atoms with Crippen molar-refractivity contribution in [1.29, 1.82) is 0 Å². The number of hydrogen-bond acceptors (Lipinski definition) is 6. The summed E-state index contributed by atoms with van der Waals surface area (Å²) in [5.41, 5.74) is 5.00. The molecule has 8 heteroatoms. The SMILES string of the molecule is CNC(=O)OC1(C)CN(c2cc(Cl)nc(N)n2)C1. The van der Waals surface area contributed by atoms with Gasteiger partial charge in [-0.05, 0) is 6.92 Å². The van der Waals surface area contributed by atoms with E-state index in [1.54, 1.807) is 6.07 Å². The summed E-state index contributed by atoms with van der Waals surface area (Å²) in [6.45, 7) is 2.92. The van der Waals surface area contributed by atoms with Gasteiger partial charge in [0.1, 0.15) is 16.6 Å². The molecule has 1 aliphatic heterocycles. The second-order valence-electron chi connectivity index (χ2n) is 4.35. The highest BCUT2D eigenvalue weighted by Gasteiger charge is 2.43. The maximum absolute atomic E-state index is 11.2. The van der Waals surface area contributed by atoms with Crippen LogP contribution in [0.25, 0.3) is 0 Å². The van der Waals surface area contributed by atoms with Crippen LogP contribution < -0.4 is 16.0 Å². The molecule has 1 fully saturated rings. The van der Waals surface area contributed by atoms with Gasteiger partial charge in [0.05, 0.1) is 13.1 Å². The maximum Gasteiger partial charge on any atom is 0.407 e. The number of amides is 1. The molecule has 3 N–H and O–H groups in total. The van der Waals surface area contributed by atoms with Crippen LogP contribution in [0, 0.1) is 0 Å². The summed E-state index contributed by atoms with van der Waals surface area (Å²) < 4.78 is 5.24. The van der Waals surface area contributed by atoms with E-state index in [1.807, 2.05) is 11.8 Å². The van der Waals surface area contributed by atoms with Gasteiger partial charge >= 0.3 is 6.09 Å². The number of nitrogens with one attached hydrogen (secondary N) is 1. The molecule has 1 aromatic heterocycles. The van der Waals surface area contributed by atoms with Gasteiger partial charge in [0.25, 0.3) is 0 Å². The molecule has 0 bridgehead atoms. The number of ether oxygens (including phenoxy) is 1. The highest BCUT2D eigenvalue weighted by Crippen LogP contribution is 2.30. The van der Waals surface area contributed by atoms with Crippen LogP contribution in [0.1, 0.15) is 6.92 Å². The second kappa shape index (κ2) is 4.49. The van der Waals surface area contributed by atoms with Crippen LogP contribution in [0.4, 0.5) is 16.6 Å². The normalized spacial score (nSPS) is 16.9. The fourth-order valence-corrected chi connectivity index (χ4v) is 2.03. The van der Waals surface area contributed by atoms with E-state index in [-0.39, 0.29) is 5.95 Å². The summed E-state index contributed by atoms with van der Waals surface area (Å²) in [4.78, 5) is 20.9. The molecule has 2 rings (SSSR count). The van der Waals surface area contributed by atoms with E-state index < -0.39 is 11.7 Å². The van der Waals surface area contributed by atoms with Gasteiger partial charge in [0.2, 0.25) is 5.95 Å². The lowest BCUT2D eigenvalue weighted by molar-refractivity contribution is 0.00479. The van der Waals surface area contributed by atoms with Crippen molar-refractivity contribution in [2.24, 2.45) is 0 Å². The van der Waals surface area contributed by atoms with E-state index in [4.69, 9.17) is 22.1 Å². The number of nitrogen functional groups attached to an aromatic ring is 1. The lowest BCUT2D eigenvalue weighted by atomic mass is 9.96. The van der Waals surface area contributed by atoms with Gasteiger partial charge in [-0.1, -0.05) is 11.6 Å². The Kier molecular flexibility index (Phi) is 3.16. The lowest BCUT2D eigenvalue weighted by Crippen LogP contribution is -2.63. The van der Waals surface area contributed by atoms with Crippen molar-refractivity contribution in [1.82, 2.24) is 15.3 Å². The number of halogens is 1. The molecule has 0 aliphatic carbocycles. The number of nitrogens with zero attached hydrogens (tertiary/aromatic N) is 3. The first-order chi connectivity index (χ1) is 8.42. The van der Waals surface area contributed by atoms with Gasteiger partial charge in [0.15, 0.2) is 0 Å². The second-order valence-corrected chi connectivity index (χ2v) is 4.74. The number of nitrogens with two attached hydrogens (primary N) is 1. The van der Waals surface area contributed by atoms with Crippen molar-refractivity contribution in [3.63, 3.8) is 0 Å². The van der Waals surface area contributed by atoms with Gasteiger partial charge in [0, 0.05) is 13.1 Å². The van der Waals surface area contributed by atoms with Crippen LogP contribution in [-0.4, -0.2) is 41.8 Å². The highest BCUT2D eigenvalue weighted by molar-refractivity contribution is 6.29. The van der Waals surface area contributed by atoms with Crippen molar-refractivity contribution >= 4 is 29.5 Å². The standard InChI is InChI=1S/C10H14ClN5O2/c1-10(18-9(17)13-2)4-16(5-10)7-3-6(11)14-8(12)15-7/h3H,4-5H2,1-2H3,(H,13,17)(H2,12,14,15). The topological polar surface area (TPSA) is 93.4 Å². The first-order valence-electron chi connectivity index (χ1n) is 5.37. The number of anilines is 2. The molecule has 0 saturated carbocycles. The van der Waals surface area contributed by atoms with Crippen LogP contribution in [0.3, 0.4) is 0 Å². The number of rotatable bonds is 2. The molecule has 2 heterocycles. The summed E-state index contributed by atoms with van der Waals surface area (Å²) in [6.07, 6.45) is -0.447. The lowest BCUT2D eigenvalue weighted by Gasteiger charge is -2.47. The van der Waals surface area contributed by atoms with Gasteiger partial charge in [-0.2, -0.15) is 4.98 Å². The Morgan fingerprint density at radius 3 is 2.83 bits per heavy atom. The largest absolute Gasteiger partial charge is 0.439 e. The Morgan fingerprint density at radius 2 is 2.28 bits per heavy atom. The summed E-state index contributed by atoms with van der Waals surface area (Å²) in [6, 6.07) is 1.62. The third-order valence-corrected chi connectivity index (χ3v) is 2.81. The first-order valence-corrected chi connectivity index (χ1v) is 5.75. The van der Waals surface area contributed by atoms with Gasteiger partial charge in [-0.3, -0.25) is 0 Å². The molecule has 1 aliphatic rings. The summed E-state index contributed by atoms with van der Waals surface area (Å²) in [5.74, 6) is 0.754. The fraction of sp³-hybridized carbons (Fsp3) is 0.500. The van der Waals surface area contributed by atoms with E-state index in [2.05, 4.69) is 15.3 Å². The average Bonchev–Trinajstić information content (AvgIpc) is 2.24. The third-order valence-electron chi connectivity index (χ3n) is 2.62. The molecule has 98 valence electrons. The molecular formula is C10H14ClN5O2. The minimum absolute atomic E-state index is 0.123. The highest BCUT2D eigenvalue weighted by atomic mass is 35.5. The molecule has 0 unspecified atom stereocenters. The zero-order valence-corrected chi connectivity index (χ0v) is 10.9. The van der Waals surface area contributed by atoms with E-state index in [1.165, 1.54) is 7.05 Å². The third kappa shape index (κ3) is 2.56. The van der Waals surface area contributed by atoms with Crippen molar-refractivity contribution < 1.29 is 9.53 Å². The first kappa shape index (κ1) is 12.7. The van der Waals surface area contributed by atoms with Crippen molar-refractivity contribution in [3.05, 3.63) is 11.2 Å². The molecule has 0 radical (unpaired) electrons. The number of aromatic nitrogens is 2. The molecule has 1 amide bonds. The predicted molar refractivity (Wildman–Crippen MR) is 67.6 cm³/mol. The maximum atomic E-state index is 11.2. The van der Waals surface area contributed by atoms with Crippen LogP contribution in [0.5, 0.6) is 0 Å². The monoisotopic (exact) mass is 271 g/mol. The molecule has 7 nitrogen and oxygen atoms in total. The van der Waals surface area contributed by atoms with Crippen LogP contribution in [-0.2, 0) is 4.74 Å². The van der Waals surface area contributed by atoms with E-state index in [9.17, 15) is 4.79 Å².